The molecule has 1 N–H and O–H groups in total. The Kier molecular flexibility index (Phi) is 5.91. The molecule has 19 heavy (non-hydrogen) atoms. The Morgan fingerprint density at radius 1 is 1.16 bits per heavy atom. The highest BCUT2D eigenvalue weighted by Crippen LogP contribution is 2.34. The van der Waals surface area contributed by atoms with Crippen molar-refractivity contribution >= 4 is 0 Å². The Balaban J connectivity index is 1.74. The van der Waals surface area contributed by atoms with E-state index in [1.807, 2.05) is 0 Å². The van der Waals surface area contributed by atoms with Crippen LogP contribution in [0.4, 0.5) is 0 Å². The van der Waals surface area contributed by atoms with Crippen LogP contribution in [0.5, 0.6) is 0 Å². The van der Waals surface area contributed by atoms with Crippen molar-refractivity contribution in [2.24, 2.45) is 5.92 Å². The first-order valence-corrected chi connectivity index (χ1v) is 8.07. The van der Waals surface area contributed by atoms with Gasteiger partial charge in [-0.05, 0) is 57.1 Å². The largest absolute Gasteiger partial charge is 0.314 e. The summed E-state index contributed by atoms with van der Waals surface area (Å²) in [6, 6.07) is 9.75. The van der Waals surface area contributed by atoms with Gasteiger partial charge in [-0.25, -0.2) is 0 Å². The van der Waals surface area contributed by atoms with Crippen molar-refractivity contribution in [1.29, 1.82) is 0 Å². The lowest BCUT2D eigenvalue weighted by Crippen LogP contribution is -2.30. The molecular formula is C18H29N. The maximum absolute atomic E-state index is 3.73. The van der Waals surface area contributed by atoms with E-state index in [0.717, 1.165) is 12.0 Å². The number of aryl methyl sites for hydroxylation is 2. The summed E-state index contributed by atoms with van der Waals surface area (Å²) < 4.78 is 0. The van der Waals surface area contributed by atoms with Crippen LogP contribution in [-0.2, 0) is 6.42 Å². The third-order valence-electron chi connectivity index (χ3n) is 4.21. The molecule has 1 aromatic carbocycles. The van der Waals surface area contributed by atoms with Gasteiger partial charge in [0.2, 0.25) is 0 Å². The van der Waals surface area contributed by atoms with Crippen molar-refractivity contribution < 1.29 is 0 Å². The number of nitrogens with one attached hydrogen (secondary N) is 1. The van der Waals surface area contributed by atoms with Crippen LogP contribution in [0.1, 0.15) is 56.6 Å². The van der Waals surface area contributed by atoms with Crippen LogP contribution in [0.2, 0.25) is 0 Å². The molecule has 0 bridgehead atoms. The fourth-order valence-corrected chi connectivity index (χ4v) is 2.64. The van der Waals surface area contributed by atoms with Crippen molar-refractivity contribution in [3.8, 4) is 0 Å². The van der Waals surface area contributed by atoms with Gasteiger partial charge in [0.1, 0.15) is 0 Å². The Morgan fingerprint density at radius 3 is 2.53 bits per heavy atom. The average Bonchev–Trinajstić information content (AvgIpc) is 3.24. The van der Waals surface area contributed by atoms with Gasteiger partial charge in [0.15, 0.2) is 0 Å². The van der Waals surface area contributed by atoms with E-state index in [1.54, 1.807) is 0 Å². The molecule has 1 aromatic rings. The number of hydrogen-bond donors (Lipinski definition) is 1. The highest BCUT2D eigenvalue weighted by atomic mass is 14.9. The Morgan fingerprint density at radius 2 is 1.89 bits per heavy atom. The monoisotopic (exact) mass is 259 g/mol. The lowest BCUT2D eigenvalue weighted by molar-refractivity contribution is 0.431. The lowest BCUT2D eigenvalue weighted by atomic mass is 9.99. The highest BCUT2D eigenvalue weighted by Gasteiger charge is 2.22. The second kappa shape index (κ2) is 7.69. The topological polar surface area (TPSA) is 12.0 Å². The van der Waals surface area contributed by atoms with Crippen LogP contribution < -0.4 is 5.32 Å². The predicted molar refractivity (Wildman–Crippen MR) is 83.5 cm³/mol. The van der Waals surface area contributed by atoms with Crippen LogP contribution in [0.15, 0.2) is 24.3 Å². The molecule has 1 atom stereocenters. The Labute approximate surface area is 118 Å². The van der Waals surface area contributed by atoms with Crippen molar-refractivity contribution in [2.75, 3.05) is 6.54 Å². The van der Waals surface area contributed by atoms with Crippen LogP contribution in [0, 0.1) is 12.8 Å². The number of hydrogen-bond acceptors (Lipinski definition) is 1. The van der Waals surface area contributed by atoms with E-state index in [4.69, 9.17) is 0 Å². The molecule has 1 aliphatic rings. The van der Waals surface area contributed by atoms with Gasteiger partial charge in [0.25, 0.3) is 0 Å². The van der Waals surface area contributed by atoms with E-state index in [1.165, 1.54) is 62.6 Å². The molecule has 0 radical (unpaired) electrons. The van der Waals surface area contributed by atoms with E-state index < -0.39 is 0 Å². The maximum atomic E-state index is 3.73. The average molecular weight is 259 g/mol. The Bertz CT molecular complexity index is 350. The smallest absolute Gasteiger partial charge is 0.00703 e. The first kappa shape index (κ1) is 14.6. The van der Waals surface area contributed by atoms with E-state index in [-0.39, 0.29) is 0 Å². The molecule has 1 unspecified atom stereocenters. The molecule has 106 valence electrons. The fraction of sp³-hybridized carbons (Fsp3) is 0.667. The fourth-order valence-electron chi connectivity index (χ4n) is 2.64. The number of rotatable bonds is 9. The van der Waals surface area contributed by atoms with E-state index in [9.17, 15) is 0 Å². The lowest BCUT2D eigenvalue weighted by Gasteiger charge is -2.18. The zero-order valence-electron chi connectivity index (χ0n) is 12.6. The molecule has 2 rings (SSSR count). The molecular weight excluding hydrogens is 230 g/mol. The van der Waals surface area contributed by atoms with Gasteiger partial charge in [0.05, 0.1) is 0 Å². The van der Waals surface area contributed by atoms with Gasteiger partial charge < -0.3 is 5.32 Å². The minimum Gasteiger partial charge on any atom is -0.314 e. The van der Waals surface area contributed by atoms with Crippen molar-refractivity contribution in [3.63, 3.8) is 0 Å². The van der Waals surface area contributed by atoms with E-state index in [0.29, 0.717) is 0 Å². The SMILES string of the molecule is CCCNC(CCc1ccc(C)cc1)CCC1CC1. The van der Waals surface area contributed by atoms with Crippen molar-refractivity contribution in [2.45, 2.75) is 64.8 Å². The molecule has 0 aromatic heterocycles. The first-order chi connectivity index (χ1) is 9.28. The quantitative estimate of drug-likeness (QED) is 0.689. The summed E-state index contributed by atoms with van der Waals surface area (Å²) in [6.07, 6.45) is 9.52. The molecule has 1 nitrogen and oxygen atoms in total. The Hall–Kier alpha value is -0.820. The van der Waals surface area contributed by atoms with Gasteiger partial charge in [0, 0.05) is 6.04 Å². The molecule has 0 spiro atoms. The van der Waals surface area contributed by atoms with Crippen LogP contribution in [-0.4, -0.2) is 12.6 Å². The van der Waals surface area contributed by atoms with E-state index in [2.05, 4.69) is 43.4 Å². The summed E-state index contributed by atoms with van der Waals surface area (Å²) in [5.41, 5.74) is 2.85. The molecule has 1 saturated carbocycles. The second-order valence-corrected chi connectivity index (χ2v) is 6.20. The molecule has 0 aliphatic heterocycles. The molecule has 0 heterocycles. The third kappa shape index (κ3) is 5.78. The minimum absolute atomic E-state index is 0.724. The van der Waals surface area contributed by atoms with E-state index >= 15 is 0 Å². The van der Waals surface area contributed by atoms with Gasteiger partial charge in [-0.2, -0.15) is 0 Å². The summed E-state index contributed by atoms with van der Waals surface area (Å²) in [5, 5.41) is 3.73. The standard InChI is InChI=1S/C18H29N/c1-3-14-19-18(13-11-17-8-9-17)12-10-16-6-4-15(2)5-7-16/h4-7,17-19H,3,8-14H2,1-2H3. The van der Waals surface area contributed by atoms with Crippen molar-refractivity contribution in [3.05, 3.63) is 35.4 Å². The second-order valence-electron chi connectivity index (χ2n) is 6.20. The van der Waals surface area contributed by atoms with Gasteiger partial charge >= 0.3 is 0 Å². The summed E-state index contributed by atoms with van der Waals surface area (Å²) in [7, 11) is 0. The maximum Gasteiger partial charge on any atom is 0.00703 e. The van der Waals surface area contributed by atoms with Crippen LogP contribution in [0.25, 0.3) is 0 Å². The molecule has 0 saturated heterocycles. The zero-order valence-corrected chi connectivity index (χ0v) is 12.6. The predicted octanol–water partition coefficient (Wildman–Crippen LogP) is 4.49. The minimum atomic E-state index is 0.724. The summed E-state index contributed by atoms with van der Waals surface area (Å²) in [4.78, 5) is 0. The first-order valence-electron chi connectivity index (χ1n) is 8.07. The molecule has 0 amide bonds. The summed E-state index contributed by atoms with van der Waals surface area (Å²) in [6.45, 7) is 5.58. The zero-order chi connectivity index (χ0) is 13.5. The van der Waals surface area contributed by atoms with Gasteiger partial charge in [-0.1, -0.05) is 49.6 Å². The molecule has 1 aliphatic carbocycles. The summed E-state index contributed by atoms with van der Waals surface area (Å²) in [5.74, 6) is 1.06. The highest BCUT2D eigenvalue weighted by molar-refractivity contribution is 5.21. The third-order valence-corrected chi connectivity index (χ3v) is 4.21. The summed E-state index contributed by atoms with van der Waals surface area (Å²) >= 11 is 0. The van der Waals surface area contributed by atoms with Gasteiger partial charge in [-0.15, -0.1) is 0 Å². The molecule has 1 heteroatoms. The van der Waals surface area contributed by atoms with Crippen molar-refractivity contribution in [1.82, 2.24) is 5.32 Å². The van der Waals surface area contributed by atoms with Gasteiger partial charge in [-0.3, -0.25) is 0 Å². The number of benzene rings is 1. The van der Waals surface area contributed by atoms with Crippen LogP contribution in [0.3, 0.4) is 0 Å². The molecule has 1 fully saturated rings. The normalized spacial score (nSPS) is 16.5. The van der Waals surface area contributed by atoms with Crippen LogP contribution >= 0.6 is 0 Å².